The first-order chi connectivity index (χ1) is 13.7. The molecule has 2 aromatic carbocycles. The molecule has 0 aliphatic heterocycles. The Hall–Kier alpha value is -2.05. The highest BCUT2D eigenvalue weighted by Crippen LogP contribution is 2.39. The molecule has 1 saturated carbocycles. The molecule has 156 valence electrons. The molecule has 1 fully saturated rings. The van der Waals surface area contributed by atoms with Crippen LogP contribution in [0.15, 0.2) is 48.5 Å². The number of halogens is 1. The van der Waals surface area contributed by atoms with Crippen LogP contribution in [-0.2, 0) is 22.1 Å². The van der Waals surface area contributed by atoms with Gasteiger partial charge in [0.2, 0.25) is 0 Å². The molecule has 0 aromatic heterocycles. The minimum atomic E-state index is -4.12. The maximum Gasteiger partial charge on any atom is 0.329 e. The van der Waals surface area contributed by atoms with Crippen molar-refractivity contribution in [2.45, 2.75) is 38.0 Å². The molecule has 3 N–H and O–H groups in total. The topological polar surface area (TPSA) is 98.1 Å². The molecule has 1 atom stereocenters. The fourth-order valence-corrected chi connectivity index (χ4v) is 4.15. The first-order valence-electron chi connectivity index (χ1n) is 9.53. The van der Waals surface area contributed by atoms with Gasteiger partial charge in [0.05, 0.1) is 12.6 Å². The van der Waals surface area contributed by atoms with Crippen LogP contribution in [0.4, 0.5) is 4.39 Å². The lowest BCUT2D eigenvalue weighted by atomic mass is 10.00. The van der Waals surface area contributed by atoms with E-state index in [0.29, 0.717) is 18.0 Å². The van der Waals surface area contributed by atoms with E-state index in [1.54, 1.807) is 24.3 Å². The molecule has 8 heteroatoms. The van der Waals surface area contributed by atoms with E-state index < -0.39 is 13.6 Å². The van der Waals surface area contributed by atoms with E-state index in [0.717, 1.165) is 30.5 Å². The number of benzene rings is 2. The van der Waals surface area contributed by atoms with Gasteiger partial charge in [0.1, 0.15) is 5.82 Å². The Morgan fingerprint density at radius 3 is 2.17 bits per heavy atom. The molecule has 3 rings (SSSR count). The Morgan fingerprint density at radius 2 is 1.66 bits per heavy atom. The van der Waals surface area contributed by atoms with E-state index >= 15 is 0 Å². The molecule has 29 heavy (non-hydrogen) atoms. The van der Waals surface area contributed by atoms with Gasteiger partial charge in [-0.25, -0.2) is 4.39 Å². The normalized spacial score (nSPS) is 15.4. The summed E-state index contributed by atoms with van der Waals surface area (Å²) in [6.45, 7) is 1.25. The van der Waals surface area contributed by atoms with Crippen LogP contribution < -0.4 is 0 Å². The lowest BCUT2D eigenvalue weighted by molar-refractivity contribution is -0.138. The molecule has 0 radical (unpaired) electrons. The third-order valence-corrected chi connectivity index (χ3v) is 5.83. The van der Waals surface area contributed by atoms with Gasteiger partial charge in [-0.2, -0.15) is 0 Å². The van der Waals surface area contributed by atoms with Crippen LogP contribution >= 0.6 is 7.60 Å². The third kappa shape index (κ3) is 7.05. The number of rotatable bonds is 10. The summed E-state index contributed by atoms with van der Waals surface area (Å²) in [6.07, 6.45) is 1.83. The minimum Gasteiger partial charge on any atom is -0.481 e. The molecule has 1 aliphatic carbocycles. The summed E-state index contributed by atoms with van der Waals surface area (Å²) in [5.41, 5.74) is 2.24. The van der Waals surface area contributed by atoms with Crippen LogP contribution in [0.2, 0.25) is 0 Å². The van der Waals surface area contributed by atoms with Crippen molar-refractivity contribution < 1.29 is 28.6 Å². The molecule has 0 bridgehead atoms. The van der Waals surface area contributed by atoms with Crippen LogP contribution in [0.1, 0.15) is 42.0 Å². The van der Waals surface area contributed by atoms with E-state index in [2.05, 4.69) is 4.90 Å². The first kappa shape index (κ1) is 21.7. The number of nitrogens with zero attached hydrogens (tertiary/aromatic N) is 1. The van der Waals surface area contributed by atoms with E-state index in [9.17, 15) is 18.9 Å². The van der Waals surface area contributed by atoms with Gasteiger partial charge in [-0.3, -0.25) is 14.3 Å². The first-order valence-corrected chi connectivity index (χ1v) is 11.3. The molecule has 0 saturated heterocycles. The molecule has 6 nitrogen and oxygen atoms in total. The lowest BCUT2D eigenvalue weighted by Crippen LogP contribution is -2.32. The van der Waals surface area contributed by atoms with Gasteiger partial charge < -0.3 is 14.9 Å². The molecule has 0 heterocycles. The van der Waals surface area contributed by atoms with Crippen LogP contribution in [-0.4, -0.2) is 32.3 Å². The summed E-state index contributed by atoms with van der Waals surface area (Å²) in [7, 11) is -4.12. The van der Waals surface area contributed by atoms with Crippen molar-refractivity contribution in [2.75, 3.05) is 6.54 Å². The van der Waals surface area contributed by atoms with E-state index in [-0.39, 0.29) is 24.4 Å². The Bertz CT molecular complexity index is 877. The summed E-state index contributed by atoms with van der Waals surface area (Å²) < 4.78 is 24.5. The molecule has 0 spiro atoms. The van der Waals surface area contributed by atoms with Crippen molar-refractivity contribution in [1.82, 2.24) is 4.90 Å². The number of hydrogen-bond acceptors (Lipinski definition) is 3. The molecule has 1 aliphatic rings. The van der Waals surface area contributed by atoms with Crippen molar-refractivity contribution in [3.05, 3.63) is 71.0 Å². The summed E-state index contributed by atoms with van der Waals surface area (Å²) in [6, 6.07) is 12.6. The summed E-state index contributed by atoms with van der Waals surface area (Å²) in [5.74, 6) is -0.755. The van der Waals surface area contributed by atoms with Crippen LogP contribution in [0, 0.1) is 11.7 Å². The van der Waals surface area contributed by atoms with Crippen LogP contribution in [0.25, 0.3) is 0 Å². The predicted molar refractivity (Wildman–Crippen MR) is 107 cm³/mol. The SMILES string of the molecule is O=C(O)CC(c1ccc(F)cc1)N(Cc1ccc(CP(=O)(O)O)cc1)CC1CC1. The van der Waals surface area contributed by atoms with Gasteiger partial charge in [0.25, 0.3) is 0 Å². The highest BCUT2D eigenvalue weighted by molar-refractivity contribution is 7.50. The van der Waals surface area contributed by atoms with Gasteiger partial charge in [-0.15, -0.1) is 0 Å². The second-order valence-corrected chi connectivity index (χ2v) is 9.32. The minimum absolute atomic E-state index is 0.0886. The van der Waals surface area contributed by atoms with E-state index in [1.165, 1.54) is 12.1 Å². The van der Waals surface area contributed by atoms with Gasteiger partial charge in [-0.1, -0.05) is 36.4 Å². The number of carbonyl (C=O) groups is 1. The van der Waals surface area contributed by atoms with Crippen LogP contribution in [0.5, 0.6) is 0 Å². The number of carboxylic acid groups (broad SMARTS) is 1. The van der Waals surface area contributed by atoms with Gasteiger partial charge in [0, 0.05) is 19.1 Å². The van der Waals surface area contributed by atoms with Crippen molar-refractivity contribution >= 4 is 13.6 Å². The lowest BCUT2D eigenvalue weighted by Gasteiger charge is -2.31. The van der Waals surface area contributed by atoms with Gasteiger partial charge in [0.15, 0.2) is 0 Å². The van der Waals surface area contributed by atoms with Crippen molar-refractivity contribution in [2.24, 2.45) is 5.92 Å². The quantitative estimate of drug-likeness (QED) is 0.503. The van der Waals surface area contributed by atoms with Crippen molar-refractivity contribution in [3.63, 3.8) is 0 Å². The highest BCUT2D eigenvalue weighted by Gasteiger charge is 2.30. The fraction of sp³-hybridized carbons (Fsp3) is 0.381. The van der Waals surface area contributed by atoms with Gasteiger partial charge in [-0.05, 0) is 47.6 Å². The van der Waals surface area contributed by atoms with E-state index in [1.807, 2.05) is 12.1 Å². The zero-order valence-corrected chi connectivity index (χ0v) is 16.8. The van der Waals surface area contributed by atoms with Gasteiger partial charge >= 0.3 is 13.6 Å². The molecular weight excluding hydrogens is 396 g/mol. The predicted octanol–water partition coefficient (Wildman–Crippen LogP) is 3.93. The summed E-state index contributed by atoms with van der Waals surface area (Å²) in [4.78, 5) is 31.8. The number of aliphatic carboxylic acids is 1. The Labute approximate surface area is 169 Å². The van der Waals surface area contributed by atoms with Crippen molar-refractivity contribution in [1.29, 1.82) is 0 Å². The summed E-state index contributed by atoms with van der Waals surface area (Å²) in [5, 5.41) is 9.43. The molecule has 0 amide bonds. The maximum atomic E-state index is 13.4. The van der Waals surface area contributed by atoms with E-state index in [4.69, 9.17) is 9.79 Å². The zero-order chi connectivity index (χ0) is 21.0. The maximum absolute atomic E-state index is 13.4. The molecular formula is C21H25FNO5P. The number of hydrogen-bond donors (Lipinski definition) is 3. The monoisotopic (exact) mass is 421 g/mol. The fourth-order valence-electron chi connectivity index (χ4n) is 3.46. The summed E-state index contributed by atoms with van der Waals surface area (Å²) >= 11 is 0. The third-order valence-electron chi connectivity index (χ3n) is 5.05. The largest absolute Gasteiger partial charge is 0.481 e. The molecule has 1 unspecified atom stereocenters. The zero-order valence-electron chi connectivity index (χ0n) is 15.9. The second kappa shape index (κ2) is 9.18. The average Bonchev–Trinajstić information content (AvgIpc) is 3.44. The average molecular weight is 421 g/mol. The highest BCUT2D eigenvalue weighted by atomic mass is 31.2. The Kier molecular flexibility index (Phi) is 6.85. The number of carboxylic acids is 1. The van der Waals surface area contributed by atoms with Crippen molar-refractivity contribution in [3.8, 4) is 0 Å². The Balaban J connectivity index is 1.81. The van der Waals surface area contributed by atoms with Crippen LogP contribution in [0.3, 0.4) is 0 Å². The standard InChI is InChI=1S/C21H25FNO5P/c22-19-9-7-18(8-10-19)20(11-21(24)25)23(12-15-1-2-15)13-16-3-5-17(6-4-16)14-29(26,27)28/h3-10,15,20H,1-2,11-14H2,(H,24,25)(H2,26,27,28). The Morgan fingerprint density at radius 1 is 1.07 bits per heavy atom. The molecule has 2 aromatic rings. The smallest absolute Gasteiger partial charge is 0.329 e. The second-order valence-electron chi connectivity index (χ2n) is 7.68.